The maximum atomic E-state index is 9.74. The van der Waals surface area contributed by atoms with Crippen LogP contribution in [0.15, 0.2) is 16.6 Å². The smallest absolute Gasteiger partial charge is 0.175 e. The first-order chi connectivity index (χ1) is 9.74. The molecule has 0 radical (unpaired) electrons. The molecule has 2 aliphatic rings. The summed E-state index contributed by atoms with van der Waals surface area (Å²) < 4.78 is 12.1. The van der Waals surface area contributed by atoms with E-state index in [4.69, 9.17) is 9.47 Å². The van der Waals surface area contributed by atoms with Crippen LogP contribution >= 0.6 is 28.3 Å². The molecule has 0 amide bonds. The molecular formula is C14H20BrClN2O3. The van der Waals surface area contributed by atoms with E-state index in [9.17, 15) is 5.11 Å². The Balaban J connectivity index is 0.00000161. The lowest BCUT2D eigenvalue weighted by Crippen LogP contribution is -2.30. The van der Waals surface area contributed by atoms with Crippen LogP contribution in [0.5, 0.6) is 11.5 Å². The number of aliphatic hydroxyl groups excluding tert-OH is 1. The van der Waals surface area contributed by atoms with Gasteiger partial charge in [0.15, 0.2) is 11.5 Å². The fraction of sp³-hybridized carbons (Fsp3) is 0.571. The molecule has 0 aliphatic carbocycles. The van der Waals surface area contributed by atoms with E-state index >= 15 is 0 Å². The summed E-state index contributed by atoms with van der Waals surface area (Å²) in [6.45, 7) is 4.31. The Kier molecular flexibility index (Phi) is 6.13. The van der Waals surface area contributed by atoms with Crippen LogP contribution in [0.2, 0.25) is 0 Å². The van der Waals surface area contributed by atoms with Crippen LogP contribution in [-0.2, 0) is 6.54 Å². The Morgan fingerprint density at radius 2 is 2.10 bits per heavy atom. The predicted octanol–water partition coefficient (Wildman–Crippen LogP) is 1.31. The third-order valence-electron chi connectivity index (χ3n) is 3.70. The van der Waals surface area contributed by atoms with Crippen LogP contribution < -0.4 is 20.1 Å². The number of ether oxygens (including phenoxy) is 2. The van der Waals surface area contributed by atoms with E-state index < -0.39 is 0 Å². The molecule has 2 unspecified atom stereocenters. The number of aliphatic hydroxyl groups is 1. The van der Waals surface area contributed by atoms with Gasteiger partial charge < -0.3 is 25.2 Å². The zero-order valence-electron chi connectivity index (χ0n) is 11.6. The van der Waals surface area contributed by atoms with Crippen LogP contribution in [0.25, 0.3) is 0 Å². The number of rotatable bonds is 4. The molecule has 5 nitrogen and oxygen atoms in total. The number of fused-ring (bicyclic) bond motifs is 1. The molecular weight excluding hydrogens is 360 g/mol. The SMILES string of the molecule is Cl.OC1CNCC1CNCc1cc(Br)c2c(c1)OCCO2. The molecule has 3 N–H and O–H groups in total. The minimum absolute atomic E-state index is 0. The monoisotopic (exact) mass is 378 g/mol. The number of hydrogen-bond donors (Lipinski definition) is 3. The highest BCUT2D eigenvalue weighted by Gasteiger charge is 2.24. The molecule has 7 heteroatoms. The molecule has 3 rings (SSSR count). The zero-order valence-corrected chi connectivity index (χ0v) is 14.0. The van der Waals surface area contributed by atoms with Gasteiger partial charge in [0.25, 0.3) is 0 Å². The van der Waals surface area contributed by atoms with Gasteiger partial charge in [-0.15, -0.1) is 12.4 Å². The van der Waals surface area contributed by atoms with Crippen LogP contribution in [0.4, 0.5) is 0 Å². The van der Waals surface area contributed by atoms with E-state index in [1.54, 1.807) is 0 Å². The summed E-state index contributed by atoms with van der Waals surface area (Å²) in [5.74, 6) is 1.87. The Bertz CT molecular complexity index is 490. The number of benzene rings is 1. The molecule has 0 aromatic heterocycles. The molecule has 0 saturated carbocycles. The summed E-state index contributed by atoms with van der Waals surface area (Å²) in [6.07, 6.45) is -0.241. The minimum Gasteiger partial charge on any atom is -0.486 e. The van der Waals surface area contributed by atoms with Crippen molar-refractivity contribution >= 4 is 28.3 Å². The van der Waals surface area contributed by atoms with Gasteiger partial charge in [0, 0.05) is 32.1 Å². The summed E-state index contributed by atoms with van der Waals surface area (Å²) in [7, 11) is 0. The van der Waals surface area contributed by atoms with Crippen molar-refractivity contribution in [3.05, 3.63) is 22.2 Å². The molecule has 0 spiro atoms. The van der Waals surface area contributed by atoms with Gasteiger partial charge in [-0.25, -0.2) is 0 Å². The van der Waals surface area contributed by atoms with Gasteiger partial charge in [-0.2, -0.15) is 0 Å². The highest BCUT2D eigenvalue weighted by Crippen LogP contribution is 2.38. The molecule has 118 valence electrons. The summed E-state index contributed by atoms with van der Waals surface area (Å²) in [4.78, 5) is 0. The number of nitrogens with one attached hydrogen (secondary N) is 2. The van der Waals surface area contributed by atoms with Gasteiger partial charge >= 0.3 is 0 Å². The molecule has 1 saturated heterocycles. The standard InChI is InChI=1S/C14H19BrN2O3.ClH/c15-11-3-9(4-13-14(11)20-2-1-19-13)5-16-6-10-7-17-8-12(10)18;/h3-4,10,12,16-18H,1-2,5-8H2;1H. The average Bonchev–Trinajstić information content (AvgIpc) is 2.85. The number of hydrogen-bond acceptors (Lipinski definition) is 5. The number of halogens is 2. The fourth-order valence-corrected chi connectivity index (χ4v) is 3.20. The molecule has 0 bridgehead atoms. The minimum atomic E-state index is -0.241. The van der Waals surface area contributed by atoms with Crippen LogP contribution in [0.3, 0.4) is 0 Å². The van der Waals surface area contributed by atoms with Crippen molar-refractivity contribution in [2.45, 2.75) is 12.6 Å². The Labute approximate surface area is 138 Å². The highest BCUT2D eigenvalue weighted by atomic mass is 79.9. The molecule has 21 heavy (non-hydrogen) atoms. The van der Waals surface area contributed by atoms with Crippen LogP contribution in [0, 0.1) is 5.92 Å². The predicted molar refractivity (Wildman–Crippen MR) is 86.5 cm³/mol. The highest BCUT2D eigenvalue weighted by molar-refractivity contribution is 9.10. The van der Waals surface area contributed by atoms with Crippen molar-refractivity contribution in [2.75, 3.05) is 32.8 Å². The van der Waals surface area contributed by atoms with E-state index in [1.807, 2.05) is 12.1 Å². The molecule has 1 fully saturated rings. The summed E-state index contributed by atoms with van der Waals surface area (Å²) in [5.41, 5.74) is 1.14. The zero-order chi connectivity index (χ0) is 13.9. The average molecular weight is 380 g/mol. The Hall–Kier alpha value is -0.530. The molecule has 2 atom stereocenters. The molecule has 2 aliphatic heterocycles. The summed E-state index contributed by atoms with van der Waals surface area (Å²) >= 11 is 3.52. The largest absolute Gasteiger partial charge is 0.486 e. The van der Waals surface area contributed by atoms with Crippen molar-refractivity contribution in [3.63, 3.8) is 0 Å². The Morgan fingerprint density at radius 3 is 2.86 bits per heavy atom. The lowest BCUT2D eigenvalue weighted by atomic mass is 10.1. The van der Waals surface area contributed by atoms with Gasteiger partial charge in [-0.1, -0.05) is 0 Å². The van der Waals surface area contributed by atoms with Gasteiger partial charge in [-0.05, 0) is 33.6 Å². The first-order valence-corrected chi connectivity index (χ1v) is 7.71. The van der Waals surface area contributed by atoms with E-state index in [0.29, 0.717) is 19.8 Å². The second kappa shape index (κ2) is 7.65. The van der Waals surface area contributed by atoms with Gasteiger partial charge in [-0.3, -0.25) is 0 Å². The fourth-order valence-electron chi connectivity index (χ4n) is 2.60. The number of β-amino-alcohol motifs (C(OH)–C–C–N with tert-alkyl or cyclic N) is 1. The van der Waals surface area contributed by atoms with E-state index in [2.05, 4.69) is 26.6 Å². The van der Waals surface area contributed by atoms with Crippen molar-refractivity contribution < 1.29 is 14.6 Å². The van der Waals surface area contributed by atoms with Crippen molar-refractivity contribution in [1.29, 1.82) is 0 Å². The van der Waals surface area contributed by atoms with Crippen molar-refractivity contribution in [3.8, 4) is 11.5 Å². The molecule has 1 aromatic carbocycles. The quantitative estimate of drug-likeness (QED) is 0.736. The first kappa shape index (κ1) is 16.8. The lowest BCUT2D eigenvalue weighted by molar-refractivity contribution is 0.146. The topological polar surface area (TPSA) is 62.8 Å². The third-order valence-corrected chi connectivity index (χ3v) is 4.29. The second-order valence-corrected chi connectivity index (χ2v) is 6.07. The summed E-state index contributed by atoms with van der Waals surface area (Å²) in [6, 6.07) is 4.05. The maximum absolute atomic E-state index is 9.74. The molecule has 2 heterocycles. The maximum Gasteiger partial charge on any atom is 0.175 e. The summed E-state index contributed by atoms with van der Waals surface area (Å²) in [5, 5.41) is 16.3. The second-order valence-electron chi connectivity index (χ2n) is 5.22. The van der Waals surface area contributed by atoms with Gasteiger partial charge in [0.2, 0.25) is 0 Å². The van der Waals surface area contributed by atoms with Crippen LogP contribution in [-0.4, -0.2) is 44.1 Å². The van der Waals surface area contributed by atoms with Crippen molar-refractivity contribution in [2.24, 2.45) is 5.92 Å². The van der Waals surface area contributed by atoms with E-state index in [1.165, 1.54) is 0 Å². The van der Waals surface area contributed by atoms with Gasteiger partial charge in [0.1, 0.15) is 13.2 Å². The van der Waals surface area contributed by atoms with Crippen LogP contribution in [0.1, 0.15) is 5.56 Å². The van der Waals surface area contributed by atoms with E-state index in [0.717, 1.165) is 41.2 Å². The van der Waals surface area contributed by atoms with Crippen molar-refractivity contribution in [1.82, 2.24) is 10.6 Å². The third kappa shape index (κ3) is 4.02. The first-order valence-electron chi connectivity index (χ1n) is 6.91. The Morgan fingerprint density at radius 1 is 1.29 bits per heavy atom. The normalized spacial score (nSPS) is 23.7. The van der Waals surface area contributed by atoms with E-state index in [-0.39, 0.29) is 24.4 Å². The van der Waals surface area contributed by atoms with Gasteiger partial charge in [0.05, 0.1) is 10.6 Å². The lowest BCUT2D eigenvalue weighted by Gasteiger charge is -2.21. The molecule has 1 aromatic rings.